The van der Waals surface area contributed by atoms with E-state index in [1.807, 2.05) is 0 Å². The summed E-state index contributed by atoms with van der Waals surface area (Å²) in [6.45, 7) is 3.38. The summed E-state index contributed by atoms with van der Waals surface area (Å²) in [6.07, 6.45) is -0.620. The molecule has 1 aliphatic heterocycles. The van der Waals surface area contributed by atoms with Gasteiger partial charge in [0.25, 0.3) is 5.91 Å². The van der Waals surface area contributed by atoms with E-state index in [0.717, 1.165) is 0 Å². The molecule has 4 atom stereocenters. The van der Waals surface area contributed by atoms with Gasteiger partial charge in [0.15, 0.2) is 23.2 Å². The Morgan fingerprint density at radius 3 is 2.84 bits per heavy atom. The van der Waals surface area contributed by atoms with Crippen LogP contribution in [0.3, 0.4) is 0 Å². The van der Waals surface area contributed by atoms with E-state index in [9.17, 15) is 15.0 Å². The Kier molecular flexibility index (Phi) is 5.91. The summed E-state index contributed by atoms with van der Waals surface area (Å²) in [4.78, 5) is 25.2. The molecule has 1 saturated heterocycles. The molecule has 1 aromatic carbocycles. The van der Waals surface area contributed by atoms with Crippen LogP contribution in [0.2, 0.25) is 0 Å². The zero-order valence-corrected chi connectivity index (χ0v) is 16.5. The maximum absolute atomic E-state index is 12.6. The average molecular weight is 426 g/mol. The summed E-state index contributed by atoms with van der Waals surface area (Å²) in [5.74, 6) is -0.330. The summed E-state index contributed by atoms with van der Waals surface area (Å²) in [5.41, 5.74) is 6.88. The topological polar surface area (TPSA) is 158 Å². The minimum atomic E-state index is -1.08. The number of aliphatic hydroxyl groups excluding tert-OH is 2. The predicted octanol–water partition coefficient (Wildman–Crippen LogP) is 0.483. The lowest BCUT2D eigenvalue weighted by atomic mass is 10.1. The van der Waals surface area contributed by atoms with Gasteiger partial charge in [-0.2, -0.15) is 9.97 Å². The number of carbonyl (C=O) groups excluding carboxylic acids is 1. The summed E-state index contributed by atoms with van der Waals surface area (Å²) in [7, 11) is 0. The zero-order valence-electron chi connectivity index (χ0n) is 16.5. The molecular formula is C20H22N6O5. The number of hydrogen-bond acceptors (Lipinski definition) is 9. The molecule has 3 aromatic rings. The molecule has 162 valence electrons. The van der Waals surface area contributed by atoms with E-state index >= 15 is 0 Å². The normalized spacial score (nSPS) is 23.2. The van der Waals surface area contributed by atoms with Crippen molar-refractivity contribution in [3.8, 4) is 0 Å². The number of aliphatic hydroxyl groups is 2. The maximum Gasteiger partial charge on any atom is 0.256 e. The van der Waals surface area contributed by atoms with Gasteiger partial charge in [-0.25, -0.2) is 4.98 Å². The number of amides is 1. The number of nitrogens with two attached hydrogens (primary N) is 1. The van der Waals surface area contributed by atoms with E-state index < -0.39 is 31.1 Å². The number of ether oxygens (including phenoxy) is 2. The van der Waals surface area contributed by atoms with Crippen molar-refractivity contribution < 1.29 is 24.5 Å². The third-order valence-corrected chi connectivity index (χ3v) is 4.88. The van der Waals surface area contributed by atoms with E-state index in [2.05, 4.69) is 26.8 Å². The molecule has 0 spiro atoms. The van der Waals surface area contributed by atoms with E-state index in [-0.39, 0.29) is 35.4 Å². The average Bonchev–Trinajstić information content (AvgIpc) is 3.33. The highest BCUT2D eigenvalue weighted by atomic mass is 16.6. The first-order chi connectivity index (χ1) is 15.0. The third kappa shape index (κ3) is 3.99. The van der Waals surface area contributed by atoms with Gasteiger partial charge in [0.05, 0.1) is 19.5 Å². The van der Waals surface area contributed by atoms with Gasteiger partial charge in [-0.3, -0.25) is 9.36 Å². The van der Waals surface area contributed by atoms with Gasteiger partial charge < -0.3 is 30.7 Å². The number of fused-ring (bicyclic) bond motifs is 1. The van der Waals surface area contributed by atoms with Crippen LogP contribution in [0.5, 0.6) is 0 Å². The molecule has 0 unspecified atom stereocenters. The van der Waals surface area contributed by atoms with Crippen LogP contribution in [0, 0.1) is 0 Å². The number of nitrogen functional groups attached to an aromatic ring is 1. The van der Waals surface area contributed by atoms with Crippen LogP contribution >= 0.6 is 0 Å². The molecule has 1 aliphatic rings. The molecule has 0 aliphatic carbocycles. The van der Waals surface area contributed by atoms with Gasteiger partial charge in [-0.1, -0.05) is 24.3 Å². The van der Waals surface area contributed by atoms with Crippen molar-refractivity contribution in [3.63, 3.8) is 0 Å². The number of aromatic nitrogens is 4. The van der Waals surface area contributed by atoms with Gasteiger partial charge in [0.1, 0.15) is 18.3 Å². The lowest BCUT2D eigenvalue weighted by Gasteiger charge is -2.21. The van der Waals surface area contributed by atoms with Gasteiger partial charge >= 0.3 is 0 Å². The second-order valence-corrected chi connectivity index (χ2v) is 6.90. The number of nitrogens with zero attached hydrogens (tertiary/aromatic N) is 4. The molecule has 0 saturated carbocycles. The largest absolute Gasteiger partial charge is 0.394 e. The monoisotopic (exact) mass is 426 g/mol. The van der Waals surface area contributed by atoms with Crippen molar-refractivity contribution in [2.45, 2.75) is 24.5 Å². The van der Waals surface area contributed by atoms with Crippen molar-refractivity contribution in [1.29, 1.82) is 0 Å². The fraction of sp³-hybridized carbons (Fsp3) is 0.300. The number of imidazole rings is 1. The van der Waals surface area contributed by atoms with Crippen LogP contribution in [0.1, 0.15) is 16.6 Å². The summed E-state index contributed by atoms with van der Waals surface area (Å²) in [5, 5.41) is 22.7. The Hall–Kier alpha value is -3.38. The summed E-state index contributed by atoms with van der Waals surface area (Å²) >= 11 is 0. The number of rotatable bonds is 7. The summed E-state index contributed by atoms with van der Waals surface area (Å²) in [6, 6.07) is 8.63. The standard InChI is InChI=1S/C20H22N6O5/c1-2-8-30-15-14(28)12(9-27)31-19(15)26-10-22-13-16(24-20(21)25-17(13)26)23-18(29)11-6-4-3-5-7-11/h2-7,10,12,14-15,19,27-28H,1,8-9H2,(H3,21,23,24,25,29)/t12-,14-,15-,19-/m1/s1. The van der Waals surface area contributed by atoms with Crippen LogP contribution in [-0.2, 0) is 9.47 Å². The Balaban J connectivity index is 1.70. The van der Waals surface area contributed by atoms with Crippen molar-refractivity contribution in [3.05, 3.63) is 54.9 Å². The Morgan fingerprint density at radius 1 is 1.35 bits per heavy atom. The van der Waals surface area contributed by atoms with Gasteiger partial charge in [-0.15, -0.1) is 6.58 Å². The number of benzene rings is 1. The second-order valence-electron chi connectivity index (χ2n) is 6.90. The Labute approximate surface area is 177 Å². The SMILES string of the molecule is C=CCO[C@@H]1[C@H](O)[C@@H](CO)O[C@H]1n1cnc2c(NC(=O)c3ccccc3)nc(N)nc21. The number of nitrogens with one attached hydrogen (secondary N) is 1. The summed E-state index contributed by atoms with van der Waals surface area (Å²) < 4.78 is 13.0. The van der Waals surface area contributed by atoms with Crippen molar-refractivity contribution in [2.24, 2.45) is 0 Å². The molecule has 11 nitrogen and oxygen atoms in total. The molecule has 0 bridgehead atoms. The van der Waals surface area contributed by atoms with Crippen LogP contribution in [0.15, 0.2) is 49.3 Å². The zero-order chi connectivity index (χ0) is 22.0. The highest BCUT2D eigenvalue weighted by Gasteiger charge is 2.45. The second kappa shape index (κ2) is 8.78. The molecular weight excluding hydrogens is 404 g/mol. The maximum atomic E-state index is 12.6. The molecule has 11 heteroatoms. The first-order valence-corrected chi connectivity index (χ1v) is 9.56. The van der Waals surface area contributed by atoms with Crippen molar-refractivity contribution >= 4 is 28.8 Å². The van der Waals surface area contributed by atoms with E-state index in [0.29, 0.717) is 5.56 Å². The third-order valence-electron chi connectivity index (χ3n) is 4.88. The molecule has 2 aromatic heterocycles. The predicted molar refractivity (Wildman–Crippen MR) is 111 cm³/mol. The number of hydrogen-bond donors (Lipinski definition) is 4. The van der Waals surface area contributed by atoms with Crippen molar-refractivity contribution in [2.75, 3.05) is 24.3 Å². The number of carbonyl (C=O) groups is 1. The molecule has 1 fully saturated rings. The quantitative estimate of drug-likeness (QED) is 0.394. The lowest BCUT2D eigenvalue weighted by molar-refractivity contribution is -0.0645. The molecule has 0 radical (unpaired) electrons. The molecule has 31 heavy (non-hydrogen) atoms. The van der Waals surface area contributed by atoms with Gasteiger partial charge in [0.2, 0.25) is 5.95 Å². The minimum Gasteiger partial charge on any atom is -0.394 e. The molecule has 1 amide bonds. The van der Waals surface area contributed by atoms with E-state index in [1.165, 1.54) is 10.9 Å². The lowest BCUT2D eigenvalue weighted by Crippen LogP contribution is -2.35. The minimum absolute atomic E-state index is 0.0848. The molecule has 4 rings (SSSR count). The van der Waals surface area contributed by atoms with Crippen LogP contribution in [0.4, 0.5) is 11.8 Å². The van der Waals surface area contributed by atoms with Crippen LogP contribution in [-0.4, -0.2) is 67.2 Å². The Bertz CT molecular complexity index is 1090. The van der Waals surface area contributed by atoms with Crippen molar-refractivity contribution in [1.82, 2.24) is 19.5 Å². The molecule has 5 N–H and O–H groups in total. The van der Waals surface area contributed by atoms with Gasteiger partial charge in [0, 0.05) is 5.56 Å². The van der Waals surface area contributed by atoms with Crippen LogP contribution < -0.4 is 11.1 Å². The van der Waals surface area contributed by atoms with Gasteiger partial charge in [-0.05, 0) is 12.1 Å². The van der Waals surface area contributed by atoms with E-state index in [1.54, 1.807) is 36.4 Å². The molecule has 3 heterocycles. The highest BCUT2D eigenvalue weighted by molar-refractivity contribution is 6.06. The van der Waals surface area contributed by atoms with Crippen LogP contribution in [0.25, 0.3) is 11.2 Å². The fourth-order valence-corrected chi connectivity index (χ4v) is 3.43. The highest BCUT2D eigenvalue weighted by Crippen LogP contribution is 2.34. The van der Waals surface area contributed by atoms with E-state index in [4.69, 9.17) is 15.2 Å². The smallest absolute Gasteiger partial charge is 0.256 e. The first kappa shape index (κ1) is 20.9. The fourth-order valence-electron chi connectivity index (χ4n) is 3.43. The first-order valence-electron chi connectivity index (χ1n) is 9.56. The number of anilines is 2. The Morgan fingerprint density at radius 2 is 2.13 bits per heavy atom.